The first-order chi connectivity index (χ1) is 7.92. The van der Waals surface area contributed by atoms with E-state index in [0.29, 0.717) is 11.4 Å². The molecule has 7 nitrogen and oxygen atoms in total. The Kier molecular flexibility index (Phi) is 4.63. The zero-order chi connectivity index (χ0) is 13.1. The zero-order valence-electron chi connectivity index (χ0n) is 10.1. The second-order valence-electron chi connectivity index (χ2n) is 3.77. The number of rotatable bonds is 6. The molecule has 0 amide bonds. The number of aromatic amines is 1. The number of hydrogen-bond acceptors (Lipinski definition) is 5. The summed E-state index contributed by atoms with van der Waals surface area (Å²) in [6.45, 7) is 3.68. The summed E-state index contributed by atoms with van der Waals surface area (Å²) in [5.41, 5.74) is 6.40. The lowest BCUT2D eigenvalue weighted by Crippen LogP contribution is -2.43. The standard InChI is InChI=1S/C9H18N4O3S/c1-6-9(7(2)12-11-6)17(14,15)13-8(4-10)5-16-3/h8,13H,4-5,10H2,1-3H3,(H,11,12). The number of nitrogens with two attached hydrogens (primary N) is 1. The van der Waals surface area contributed by atoms with Crippen LogP contribution in [0.25, 0.3) is 0 Å². The van der Waals surface area contributed by atoms with E-state index in [-0.39, 0.29) is 18.0 Å². The van der Waals surface area contributed by atoms with Crippen LogP contribution in [0.1, 0.15) is 11.4 Å². The van der Waals surface area contributed by atoms with Gasteiger partial charge in [-0.2, -0.15) is 5.10 Å². The van der Waals surface area contributed by atoms with Gasteiger partial charge in [-0.3, -0.25) is 5.10 Å². The van der Waals surface area contributed by atoms with Crippen molar-refractivity contribution in [1.82, 2.24) is 14.9 Å². The molecule has 4 N–H and O–H groups in total. The van der Waals surface area contributed by atoms with Crippen LogP contribution in [0.5, 0.6) is 0 Å². The van der Waals surface area contributed by atoms with E-state index in [4.69, 9.17) is 10.5 Å². The Morgan fingerprint density at radius 3 is 2.59 bits per heavy atom. The molecule has 0 aliphatic heterocycles. The highest BCUT2D eigenvalue weighted by Gasteiger charge is 2.24. The third-order valence-electron chi connectivity index (χ3n) is 2.30. The molecule has 17 heavy (non-hydrogen) atoms. The molecular formula is C9H18N4O3S. The van der Waals surface area contributed by atoms with Crippen LogP contribution in [0.15, 0.2) is 4.90 Å². The van der Waals surface area contributed by atoms with Gasteiger partial charge in [0.05, 0.1) is 24.0 Å². The lowest BCUT2D eigenvalue weighted by atomic mass is 10.3. The lowest BCUT2D eigenvalue weighted by molar-refractivity contribution is 0.177. The van der Waals surface area contributed by atoms with Gasteiger partial charge in [0.15, 0.2) is 0 Å². The van der Waals surface area contributed by atoms with Gasteiger partial charge < -0.3 is 10.5 Å². The number of ether oxygens (including phenoxy) is 1. The molecule has 0 bridgehead atoms. The van der Waals surface area contributed by atoms with Crippen molar-refractivity contribution in [2.24, 2.45) is 5.73 Å². The molecule has 0 spiro atoms. The third kappa shape index (κ3) is 3.25. The van der Waals surface area contributed by atoms with Crippen molar-refractivity contribution in [3.8, 4) is 0 Å². The number of methoxy groups -OCH3 is 1. The highest BCUT2D eigenvalue weighted by molar-refractivity contribution is 7.89. The molecule has 1 heterocycles. The first-order valence-electron chi connectivity index (χ1n) is 5.15. The number of aryl methyl sites for hydroxylation is 2. The van der Waals surface area contributed by atoms with Gasteiger partial charge in [-0.15, -0.1) is 0 Å². The number of nitrogens with one attached hydrogen (secondary N) is 2. The zero-order valence-corrected chi connectivity index (χ0v) is 11.0. The molecule has 0 saturated carbocycles. The molecule has 0 aliphatic carbocycles. The molecule has 1 aromatic heterocycles. The van der Waals surface area contributed by atoms with Gasteiger partial charge in [0.2, 0.25) is 10.0 Å². The molecule has 8 heteroatoms. The number of sulfonamides is 1. The van der Waals surface area contributed by atoms with Crippen LogP contribution in [0.2, 0.25) is 0 Å². The Hall–Kier alpha value is -0.960. The van der Waals surface area contributed by atoms with E-state index in [1.807, 2.05) is 0 Å². The SMILES string of the molecule is COCC(CN)NS(=O)(=O)c1c(C)n[nH]c1C. The van der Waals surface area contributed by atoms with Crippen LogP contribution in [0, 0.1) is 13.8 Å². The Bertz CT molecular complexity index is 449. The van der Waals surface area contributed by atoms with Gasteiger partial charge in [0.1, 0.15) is 4.90 Å². The highest BCUT2D eigenvalue weighted by atomic mass is 32.2. The largest absolute Gasteiger partial charge is 0.383 e. The summed E-state index contributed by atoms with van der Waals surface area (Å²) in [4.78, 5) is 0.173. The average Bonchev–Trinajstić information content (AvgIpc) is 2.58. The predicted molar refractivity (Wildman–Crippen MR) is 63.1 cm³/mol. The molecule has 1 unspecified atom stereocenters. The van der Waals surface area contributed by atoms with Crippen molar-refractivity contribution in [3.63, 3.8) is 0 Å². The van der Waals surface area contributed by atoms with Crippen molar-refractivity contribution >= 4 is 10.0 Å². The number of H-pyrrole nitrogens is 1. The van der Waals surface area contributed by atoms with Crippen LogP contribution in [0.3, 0.4) is 0 Å². The minimum absolute atomic E-state index is 0.170. The lowest BCUT2D eigenvalue weighted by Gasteiger charge is -2.15. The van der Waals surface area contributed by atoms with E-state index in [1.165, 1.54) is 7.11 Å². The fraction of sp³-hybridized carbons (Fsp3) is 0.667. The second kappa shape index (κ2) is 5.58. The van der Waals surface area contributed by atoms with E-state index >= 15 is 0 Å². The third-order valence-corrected chi connectivity index (χ3v) is 4.09. The number of aromatic nitrogens is 2. The minimum Gasteiger partial charge on any atom is -0.383 e. The van der Waals surface area contributed by atoms with E-state index in [9.17, 15) is 8.42 Å². The van der Waals surface area contributed by atoms with Crippen molar-refractivity contribution < 1.29 is 13.2 Å². The summed E-state index contributed by atoms with van der Waals surface area (Å²) >= 11 is 0. The Balaban J connectivity index is 2.96. The molecule has 1 rings (SSSR count). The van der Waals surface area contributed by atoms with Gasteiger partial charge >= 0.3 is 0 Å². The maximum absolute atomic E-state index is 12.1. The quantitative estimate of drug-likeness (QED) is 0.626. The van der Waals surface area contributed by atoms with Gasteiger partial charge in [0.25, 0.3) is 0 Å². The molecule has 0 aliphatic rings. The minimum atomic E-state index is -3.62. The summed E-state index contributed by atoms with van der Waals surface area (Å²) in [5, 5.41) is 6.49. The Morgan fingerprint density at radius 2 is 2.18 bits per heavy atom. The summed E-state index contributed by atoms with van der Waals surface area (Å²) in [5.74, 6) is 0. The van der Waals surface area contributed by atoms with Gasteiger partial charge in [0, 0.05) is 13.7 Å². The van der Waals surface area contributed by atoms with Gasteiger partial charge in [-0.1, -0.05) is 0 Å². The highest BCUT2D eigenvalue weighted by Crippen LogP contribution is 2.16. The second-order valence-corrected chi connectivity index (χ2v) is 5.42. The Labute approximate surface area is 101 Å². The topological polar surface area (TPSA) is 110 Å². The van der Waals surface area contributed by atoms with Crippen molar-refractivity contribution in [3.05, 3.63) is 11.4 Å². The van der Waals surface area contributed by atoms with Crippen LogP contribution >= 0.6 is 0 Å². The average molecular weight is 262 g/mol. The molecule has 0 saturated heterocycles. The van der Waals surface area contributed by atoms with E-state index < -0.39 is 16.1 Å². The first-order valence-corrected chi connectivity index (χ1v) is 6.63. The maximum atomic E-state index is 12.1. The summed E-state index contributed by atoms with van der Waals surface area (Å²) < 4.78 is 31.6. The van der Waals surface area contributed by atoms with Crippen LogP contribution in [-0.4, -0.2) is 44.9 Å². The monoisotopic (exact) mass is 262 g/mol. The molecular weight excluding hydrogens is 244 g/mol. The van der Waals surface area contributed by atoms with Crippen molar-refractivity contribution in [2.45, 2.75) is 24.8 Å². The van der Waals surface area contributed by atoms with E-state index in [0.717, 1.165) is 0 Å². The molecule has 0 radical (unpaired) electrons. The first kappa shape index (κ1) is 14.1. The fourth-order valence-corrected chi connectivity index (χ4v) is 3.17. The smallest absolute Gasteiger partial charge is 0.244 e. The normalized spacial score (nSPS) is 13.9. The molecule has 0 fully saturated rings. The predicted octanol–water partition coefficient (Wildman–Crippen LogP) is -0.721. The Morgan fingerprint density at radius 1 is 1.53 bits per heavy atom. The summed E-state index contributed by atoms with van der Waals surface area (Å²) in [6, 6.07) is -0.446. The van der Waals surface area contributed by atoms with Crippen molar-refractivity contribution in [2.75, 3.05) is 20.3 Å². The van der Waals surface area contributed by atoms with Crippen LogP contribution in [-0.2, 0) is 14.8 Å². The fourth-order valence-electron chi connectivity index (χ4n) is 1.57. The number of nitrogens with zero attached hydrogens (tertiary/aromatic N) is 1. The summed E-state index contributed by atoms with van der Waals surface area (Å²) in [7, 11) is -2.12. The van der Waals surface area contributed by atoms with Crippen LogP contribution < -0.4 is 10.5 Å². The summed E-state index contributed by atoms with van der Waals surface area (Å²) in [6.07, 6.45) is 0. The van der Waals surface area contributed by atoms with Gasteiger partial charge in [-0.05, 0) is 13.8 Å². The number of hydrogen-bond donors (Lipinski definition) is 3. The van der Waals surface area contributed by atoms with Crippen molar-refractivity contribution in [1.29, 1.82) is 0 Å². The van der Waals surface area contributed by atoms with E-state index in [1.54, 1.807) is 13.8 Å². The van der Waals surface area contributed by atoms with Crippen LogP contribution in [0.4, 0.5) is 0 Å². The molecule has 1 aromatic rings. The van der Waals surface area contributed by atoms with Gasteiger partial charge in [-0.25, -0.2) is 13.1 Å². The molecule has 0 aromatic carbocycles. The molecule has 1 atom stereocenters. The van der Waals surface area contributed by atoms with E-state index in [2.05, 4.69) is 14.9 Å². The maximum Gasteiger partial charge on any atom is 0.244 e. The molecule has 98 valence electrons.